The number of anilines is 4. The number of phosphoric acid groups is 1. The van der Waals surface area contributed by atoms with Gasteiger partial charge in [-0.1, -0.05) is 18.2 Å². The summed E-state index contributed by atoms with van der Waals surface area (Å²) in [6.45, 7) is 1.47. The van der Waals surface area contributed by atoms with Crippen LogP contribution in [0.5, 0.6) is 5.75 Å². The standard InChI is InChI=1S/C31H31N8O6P/c1-38(2)12-6-11-33-22-14-26(42-3)24(13-23(22)35-29(40)28-30-44-46(41,43-28)45-30)36-31-34-16-18(15-32)27(37-31)21-17-39(19-9-10-19)25-8-5-4-7-20(21)25/h4-5,7-8,13-14,16-17,19,33H,6,9-12H2,1-3H3,(H,35,40)(H,34,36,37). The first-order valence-corrected chi connectivity index (χ1v) is 16.2. The molecule has 1 saturated heterocycles. The Morgan fingerprint density at radius 2 is 1.98 bits per heavy atom. The summed E-state index contributed by atoms with van der Waals surface area (Å²) in [6.07, 6.45) is 6.62. The van der Waals surface area contributed by atoms with Crippen LogP contribution in [0.3, 0.4) is 0 Å². The number of nitriles is 1. The molecule has 0 radical (unpaired) electrons. The molecule has 1 amide bonds. The number of fused-ring (bicyclic) bond motifs is 2. The van der Waals surface area contributed by atoms with E-state index in [9.17, 15) is 14.6 Å². The molecule has 14 nitrogen and oxygen atoms in total. The normalized spacial score (nSPS) is 15.8. The van der Waals surface area contributed by atoms with Crippen LogP contribution in [0.25, 0.3) is 22.2 Å². The summed E-state index contributed by atoms with van der Waals surface area (Å²) in [5, 5.41) is 20.3. The lowest BCUT2D eigenvalue weighted by Gasteiger charge is -2.18. The van der Waals surface area contributed by atoms with Gasteiger partial charge in [-0.15, -0.1) is 0 Å². The number of carbonyl (C=O) groups excluding carboxylic acids is 1. The Kier molecular flexibility index (Phi) is 7.43. The lowest BCUT2D eigenvalue weighted by Crippen LogP contribution is -2.18. The summed E-state index contributed by atoms with van der Waals surface area (Å²) < 4.78 is 34.9. The number of hydrogen-bond donors (Lipinski definition) is 3. The molecule has 4 aromatic rings. The fourth-order valence-corrected chi connectivity index (χ4v) is 6.45. The third-order valence-electron chi connectivity index (χ3n) is 7.76. The number of amides is 1. The second-order valence-corrected chi connectivity index (χ2v) is 12.8. The summed E-state index contributed by atoms with van der Waals surface area (Å²) in [7, 11) is 1.81. The minimum atomic E-state index is -3.71. The van der Waals surface area contributed by atoms with Crippen molar-refractivity contribution >= 4 is 47.6 Å². The number of carbonyl (C=O) groups is 1. The van der Waals surface area contributed by atoms with E-state index in [1.807, 2.05) is 32.3 Å². The van der Waals surface area contributed by atoms with Gasteiger partial charge >= 0.3 is 13.8 Å². The maximum absolute atomic E-state index is 13.1. The number of ether oxygens (including phenoxy) is 1. The Balaban J connectivity index is 1.23. The second-order valence-electron chi connectivity index (χ2n) is 11.4. The van der Waals surface area contributed by atoms with E-state index in [-0.39, 0.29) is 17.7 Å². The number of nitrogens with one attached hydrogen (secondary N) is 3. The molecular weight excluding hydrogens is 611 g/mol. The van der Waals surface area contributed by atoms with Crippen molar-refractivity contribution in [1.82, 2.24) is 19.4 Å². The molecule has 1 saturated carbocycles. The Hall–Kier alpha value is -5.25. The molecular formula is C31H31N8O6P. The van der Waals surface area contributed by atoms with Crippen LogP contribution in [0.1, 0.15) is 30.9 Å². The first kappa shape index (κ1) is 29.5. The first-order chi connectivity index (χ1) is 22.2. The van der Waals surface area contributed by atoms with E-state index in [4.69, 9.17) is 23.3 Å². The lowest BCUT2D eigenvalue weighted by atomic mass is 10.1. The third-order valence-corrected chi connectivity index (χ3v) is 8.95. The van der Waals surface area contributed by atoms with Crippen LogP contribution < -0.4 is 20.7 Å². The van der Waals surface area contributed by atoms with E-state index in [1.165, 1.54) is 13.3 Å². The fraction of sp³-hybridized carbons (Fsp3) is 0.290. The van der Waals surface area contributed by atoms with Crippen molar-refractivity contribution in [3.63, 3.8) is 0 Å². The summed E-state index contributed by atoms with van der Waals surface area (Å²) >= 11 is 0. The number of phosphoric ester groups is 1. The summed E-state index contributed by atoms with van der Waals surface area (Å²) in [6, 6.07) is 14.2. The van der Waals surface area contributed by atoms with Crippen LogP contribution in [0.15, 0.2) is 60.5 Å². The molecule has 3 N–H and O–H groups in total. The van der Waals surface area contributed by atoms with Gasteiger partial charge in [0.2, 0.25) is 5.95 Å². The van der Waals surface area contributed by atoms with Crippen molar-refractivity contribution < 1.29 is 27.7 Å². The zero-order valence-electron chi connectivity index (χ0n) is 25.4. The molecule has 2 aromatic carbocycles. The quantitative estimate of drug-likeness (QED) is 0.127. The van der Waals surface area contributed by atoms with Gasteiger partial charge in [0.25, 0.3) is 11.7 Å². The van der Waals surface area contributed by atoms with Gasteiger partial charge in [0, 0.05) is 41.3 Å². The number of nitrogens with zero attached hydrogens (tertiary/aromatic N) is 5. The van der Waals surface area contributed by atoms with Crippen LogP contribution in [-0.2, 0) is 22.9 Å². The summed E-state index contributed by atoms with van der Waals surface area (Å²) in [5.74, 6) is -0.524. The van der Waals surface area contributed by atoms with E-state index < -0.39 is 13.7 Å². The molecule has 15 heteroatoms. The molecule has 8 rings (SSSR count). The average Bonchev–Trinajstić information content (AvgIpc) is 3.60. The number of benzene rings is 2. The number of para-hydroxylation sites is 1. The topological polar surface area (TPSA) is 165 Å². The largest absolute Gasteiger partial charge is 0.652 e. The molecule has 5 heterocycles. The van der Waals surface area contributed by atoms with E-state index >= 15 is 0 Å². The second kappa shape index (κ2) is 11.6. The van der Waals surface area contributed by atoms with Crippen LogP contribution in [0, 0.1) is 11.3 Å². The van der Waals surface area contributed by atoms with E-state index in [1.54, 1.807) is 12.1 Å². The highest BCUT2D eigenvalue weighted by Crippen LogP contribution is 2.70. The molecule has 2 aromatic heterocycles. The third kappa shape index (κ3) is 5.55. The van der Waals surface area contributed by atoms with Crippen molar-refractivity contribution in [2.24, 2.45) is 0 Å². The van der Waals surface area contributed by atoms with Crippen LogP contribution in [0.4, 0.5) is 23.0 Å². The summed E-state index contributed by atoms with van der Waals surface area (Å²) in [4.78, 5) is 24.4. The number of methoxy groups -OCH3 is 1. The van der Waals surface area contributed by atoms with E-state index in [0.717, 1.165) is 42.3 Å². The van der Waals surface area contributed by atoms with Gasteiger partial charge in [0.15, 0.2) is 0 Å². The van der Waals surface area contributed by atoms with E-state index in [0.29, 0.717) is 46.7 Å². The Morgan fingerprint density at radius 1 is 1.17 bits per heavy atom. The van der Waals surface area contributed by atoms with Gasteiger partial charge < -0.3 is 43.7 Å². The van der Waals surface area contributed by atoms with Crippen LogP contribution in [0.2, 0.25) is 0 Å². The van der Waals surface area contributed by atoms with Crippen LogP contribution in [-0.4, -0.2) is 59.6 Å². The average molecular weight is 643 g/mol. The number of aromatic nitrogens is 3. The van der Waals surface area contributed by atoms with Crippen molar-refractivity contribution in [2.75, 3.05) is 50.2 Å². The highest BCUT2D eigenvalue weighted by atomic mass is 31.2. The monoisotopic (exact) mass is 642 g/mol. The number of hydrogen-bond acceptors (Lipinski definition) is 12. The molecule has 0 spiro atoms. The highest BCUT2D eigenvalue weighted by molar-refractivity contribution is 7.50. The Bertz CT molecular complexity index is 1980. The molecule has 236 valence electrons. The maximum Gasteiger partial charge on any atom is 0.652 e. The summed E-state index contributed by atoms with van der Waals surface area (Å²) in [5.41, 5.74) is 4.18. The van der Waals surface area contributed by atoms with Gasteiger partial charge in [-0.05, 0) is 52.0 Å². The smallest absolute Gasteiger partial charge is 0.494 e. The van der Waals surface area contributed by atoms with Crippen molar-refractivity contribution in [1.29, 1.82) is 5.26 Å². The maximum atomic E-state index is 13.1. The minimum Gasteiger partial charge on any atom is -0.494 e. The van der Waals surface area contributed by atoms with Gasteiger partial charge in [-0.2, -0.15) is 9.83 Å². The van der Waals surface area contributed by atoms with Crippen molar-refractivity contribution in [2.45, 2.75) is 25.3 Å². The molecule has 3 aliphatic heterocycles. The van der Waals surface area contributed by atoms with Gasteiger partial charge in [-0.25, -0.2) is 9.97 Å². The molecule has 0 unspecified atom stereocenters. The van der Waals surface area contributed by atoms with E-state index in [2.05, 4.69) is 48.7 Å². The molecule has 46 heavy (non-hydrogen) atoms. The van der Waals surface area contributed by atoms with Crippen molar-refractivity contribution in [3.8, 4) is 23.1 Å². The molecule has 4 aliphatic rings. The number of rotatable bonds is 12. The molecule has 2 bridgehead atoms. The Morgan fingerprint density at radius 3 is 2.67 bits per heavy atom. The zero-order chi connectivity index (χ0) is 32.0. The first-order valence-electron chi connectivity index (χ1n) is 14.7. The van der Waals surface area contributed by atoms with Crippen molar-refractivity contribution in [3.05, 3.63) is 66.1 Å². The van der Waals surface area contributed by atoms with Gasteiger partial charge in [0.05, 0.1) is 41.6 Å². The van der Waals surface area contributed by atoms with Crippen LogP contribution >= 0.6 is 7.82 Å². The Labute approximate surface area is 264 Å². The highest BCUT2D eigenvalue weighted by Gasteiger charge is 2.58. The fourth-order valence-electron chi connectivity index (χ4n) is 5.40. The molecule has 1 aliphatic carbocycles. The van der Waals surface area contributed by atoms with Gasteiger partial charge in [0.1, 0.15) is 11.8 Å². The predicted molar refractivity (Wildman–Crippen MR) is 170 cm³/mol. The molecule has 2 fully saturated rings. The lowest BCUT2D eigenvalue weighted by molar-refractivity contribution is -0.114. The molecule has 0 atom stereocenters. The predicted octanol–water partition coefficient (Wildman–Crippen LogP) is 5.71. The van der Waals surface area contributed by atoms with Gasteiger partial charge in [-0.3, -0.25) is 4.79 Å². The minimum absolute atomic E-state index is 0.213. The zero-order valence-corrected chi connectivity index (χ0v) is 26.3. The SMILES string of the molecule is COc1cc(NCCCN(C)C)c(NC(=O)C2=C3OP(=O)(O3)O2)cc1Nc1ncc(C#N)c(-c2cn(C3CC3)c3ccccc23)n1.